The maximum atomic E-state index is 5.78. The minimum Gasteiger partial charge on any atom is -0.329 e. The summed E-state index contributed by atoms with van der Waals surface area (Å²) in [6.45, 7) is 4.52. The molecule has 0 spiro atoms. The summed E-state index contributed by atoms with van der Waals surface area (Å²) in [5.41, 5.74) is 12.6. The highest BCUT2D eigenvalue weighted by Gasteiger charge is 2.07. The quantitative estimate of drug-likeness (QED) is 0.760. The van der Waals surface area contributed by atoms with Crippen LogP contribution in [0.25, 0.3) is 0 Å². The van der Waals surface area contributed by atoms with Crippen molar-refractivity contribution in [3.8, 4) is 0 Å². The first-order valence-electron chi connectivity index (χ1n) is 4.80. The molecule has 80 valence electrons. The molecule has 1 unspecified atom stereocenters. The molecule has 0 aliphatic heterocycles. The normalized spacial score (nSPS) is 13.5. The Hall–Kier alpha value is -0.420. The molecule has 0 aliphatic rings. The minimum absolute atomic E-state index is 0.0836. The second kappa shape index (κ2) is 5.46. The van der Waals surface area contributed by atoms with Crippen LogP contribution < -0.4 is 11.5 Å². The Kier molecular flexibility index (Phi) is 4.54. The van der Waals surface area contributed by atoms with Gasteiger partial charge >= 0.3 is 0 Å². The van der Waals surface area contributed by atoms with Crippen molar-refractivity contribution in [2.24, 2.45) is 11.5 Å². The molecule has 1 aromatic heterocycles. The summed E-state index contributed by atoms with van der Waals surface area (Å²) >= 11 is 1.80. The Morgan fingerprint density at radius 3 is 2.79 bits per heavy atom. The number of nitrogens with zero attached hydrogens (tertiary/aromatic N) is 1. The van der Waals surface area contributed by atoms with E-state index in [9.17, 15) is 0 Å². The summed E-state index contributed by atoms with van der Waals surface area (Å²) < 4.78 is 0. The van der Waals surface area contributed by atoms with Crippen LogP contribution in [0.2, 0.25) is 0 Å². The molecule has 0 aliphatic carbocycles. The van der Waals surface area contributed by atoms with Gasteiger partial charge in [0.25, 0.3) is 0 Å². The van der Waals surface area contributed by atoms with Crippen molar-refractivity contribution >= 4 is 11.3 Å². The molecule has 0 saturated heterocycles. The van der Waals surface area contributed by atoms with Gasteiger partial charge in [0.2, 0.25) is 0 Å². The minimum atomic E-state index is 0.0836. The van der Waals surface area contributed by atoms with Gasteiger partial charge in [0, 0.05) is 30.6 Å². The first-order chi connectivity index (χ1) is 6.63. The topological polar surface area (TPSA) is 55.3 Å². The lowest BCUT2D eigenvalue weighted by Crippen LogP contribution is -2.40. The van der Waals surface area contributed by atoms with E-state index in [-0.39, 0.29) is 6.04 Å². The van der Waals surface area contributed by atoms with Crippen molar-refractivity contribution in [1.82, 2.24) is 4.90 Å². The first-order valence-corrected chi connectivity index (χ1v) is 5.68. The largest absolute Gasteiger partial charge is 0.329 e. The zero-order chi connectivity index (χ0) is 10.6. The SMILES string of the molecule is Cc1ccsc1CN(C)CC(N)CN. The molecule has 14 heavy (non-hydrogen) atoms. The number of hydrogen-bond acceptors (Lipinski definition) is 4. The van der Waals surface area contributed by atoms with Crippen molar-refractivity contribution in [1.29, 1.82) is 0 Å². The highest BCUT2D eigenvalue weighted by atomic mass is 32.1. The summed E-state index contributed by atoms with van der Waals surface area (Å²) in [6.07, 6.45) is 0. The number of nitrogens with two attached hydrogens (primary N) is 2. The molecule has 0 fully saturated rings. The van der Waals surface area contributed by atoms with E-state index in [0.29, 0.717) is 6.54 Å². The molecule has 0 amide bonds. The van der Waals surface area contributed by atoms with Crippen LogP contribution in [0, 0.1) is 6.92 Å². The monoisotopic (exact) mass is 213 g/mol. The molecule has 4 N–H and O–H groups in total. The van der Waals surface area contributed by atoms with Gasteiger partial charge in [-0.05, 0) is 31.0 Å². The molecule has 1 aromatic rings. The van der Waals surface area contributed by atoms with E-state index in [1.807, 2.05) is 0 Å². The van der Waals surface area contributed by atoms with Gasteiger partial charge in [-0.1, -0.05) is 0 Å². The van der Waals surface area contributed by atoms with Crippen molar-refractivity contribution in [3.05, 3.63) is 21.9 Å². The third kappa shape index (κ3) is 3.38. The first kappa shape index (κ1) is 11.7. The van der Waals surface area contributed by atoms with Crippen LogP contribution in [-0.4, -0.2) is 31.1 Å². The average molecular weight is 213 g/mol. The third-order valence-electron chi connectivity index (χ3n) is 2.23. The Morgan fingerprint density at radius 1 is 1.57 bits per heavy atom. The van der Waals surface area contributed by atoms with E-state index in [4.69, 9.17) is 11.5 Å². The Morgan fingerprint density at radius 2 is 2.29 bits per heavy atom. The maximum absolute atomic E-state index is 5.78. The summed E-state index contributed by atoms with van der Waals surface area (Å²) in [6, 6.07) is 2.23. The summed E-state index contributed by atoms with van der Waals surface area (Å²) in [5.74, 6) is 0. The number of thiophene rings is 1. The molecule has 3 nitrogen and oxygen atoms in total. The zero-order valence-electron chi connectivity index (χ0n) is 8.86. The lowest BCUT2D eigenvalue weighted by Gasteiger charge is -2.19. The standard InChI is InChI=1S/C10H19N3S/c1-8-3-4-14-10(8)7-13(2)6-9(12)5-11/h3-4,9H,5-7,11-12H2,1-2H3. The van der Waals surface area contributed by atoms with Gasteiger partial charge in [-0.25, -0.2) is 0 Å². The predicted octanol–water partition coefficient (Wildman–Crippen LogP) is 0.774. The molecule has 1 atom stereocenters. The second-order valence-corrected chi connectivity index (χ2v) is 4.72. The van der Waals surface area contributed by atoms with Crippen LogP contribution in [0.4, 0.5) is 0 Å². The van der Waals surface area contributed by atoms with Crippen molar-refractivity contribution in [2.45, 2.75) is 19.5 Å². The van der Waals surface area contributed by atoms with Gasteiger partial charge in [-0.15, -0.1) is 11.3 Å². The third-order valence-corrected chi connectivity index (χ3v) is 3.24. The smallest absolute Gasteiger partial charge is 0.0328 e. The molecule has 4 heteroatoms. The molecule has 1 rings (SSSR count). The molecule has 0 bridgehead atoms. The Labute approximate surface area is 89.7 Å². The van der Waals surface area contributed by atoms with Crippen LogP contribution in [0.3, 0.4) is 0 Å². The van der Waals surface area contributed by atoms with Crippen molar-refractivity contribution < 1.29 is 0 Å². The molecular formula is C10H19N3S. The molecule has 0 radical (unpaired) electrons. The second-order valence-electron chi connectivity index (χ2n) is 3.72. The van der Waals surface area contributed by atoms with Crippen molar-refractivity contribution in [2.75, 3.05) is 20.1 Å². The van der Waals surface area contributed by atoms with Crippen molar-refractivity contribution in [3.63, 3.8) is 0 Å². The Balaban J connectivity index is 2.41. The van der Waals surface area contributed by atoms with Gasteiger partial charge in [0.05, 0.1) is 0 Å². The fraction of sp³-hybridized carbons (Fsp3) is 0.600. The molecule has 1 heterocycles. The zero-order valence-corrected chi connectivity index (χ0v) is 9.68. The highest BCUT2D eigenvalue weighted by Crippen LogP contribution is 2.16. The average Bonchev–Trinajstić information content (AvgIpc) is 2.51. The van der Waals surface area contributed by atoms with Crippen LogP contribution in [0.5, 0.6) is 0 Å². The highest BCUT2D eigenvalue weighted by molar-refractivity contribution is 7.10. The molecule has 0 saturated carbocycles. The van der Waals surface area contributed by atoms with Crippen LogP contribution in [0.15, 0.2) is 11.4 Å². The lowest BCUT2D eigenvalue weighted by molar-refractivity contribution is 0.307. The van der Waals surface area contributed by atoms with Gasteiger partial charge in [-0.2, -0.15) is 0 Å². The van der Waals surface area contributed by atoms with Crippen LogP contribution in [0.1, 0.15) is 10.4 Å². The van der Waals surface area contributed by atoms with E-state index in [2.05, 4.69) is 30.3 Å². The molecular weight excluding hydrogens is 194 g/mol. The van der Waals surface area contributed by atoms with E-state index in [1.54, 1.807) is 11.3 Å². The van der Waals surface area contributed by atoms with Gasteiger partial charge in [0.1, 0.15) is 0 Å². The number of hydrogen-bond donors (Lipinski definition) is 2. The fourth-order valence-electron chi connectivity index (χ4n) is 1.35. The van der Waals surface area contributed by atoms with Gasteiger partial charge in [-0.3, -0.25) is 4.90 Å². The number of aryl methyl sites for hydroxylation is 1. The predicted molar refractivity (Wildman–Crippen MR) is 62.4 cm³/mol. The van der Waals surface area contributed by atoms with E-state index in [1.165, 1.54) is 10.4 Å². The summed E-state index contributed by atoms with van der Waals surface area (Å²) in [5, 5.41) is 2.13. The fourth-order valence-corrected chi connectivity index (χ4v) is 2.34. The van der Waals surface area contributed by atoms with Gasteiger partial charge in [0.15, 0.2) is 0 Å². The maximum Gasteiger partial charge on any atom is 0.0328 e. The van der Waals surface area contributed by atoms with E-state index < -0.39 is 0 Å². The van der Waals surface area contributed by atoms with Crippen LogP contribution >= 0.6 is 11.3 Å². The summed E-state index contributed by atoms with van der Waals surface area (Å²) in [7, 11) is 2.08. The number of likely N-dealkylation sites (N-methyl/N-ethyl adjacent to an activating group) is 1. The van der Waals surface area contributed by atoms with E-state index >= 15 is 0 Å². The van der Waals surface area contributed by atoms with Gasteiger partial charge < -0.3 is 11.5 Å². The number of rotatable bonds is 5. The molecule has 0 aromatic carbocycles. The lowest BCUT2D eigenvalue weighted by atomic mass is 10.2. The summed E-state index contributed by atoms with van der Waals surface area (Å²) in [4.78, 5) is 3.63. The van der Waals surface area contributed by atoms with E-state index in [0.717, 1.165) is 13.1 Å². The van der Waals surface area contributed by atoms with Crippen LogP contribution in [-0.2, 0) is 6.54 Å². The Bertz CT molecular complexity index is 272.